The summed E-state index contributed by atoms with van der Waals surface area (Å²) in [6.07, 6.45) is 0. The van der Waals surface area contributed by atoms with Gasteiger partial charge in [-0.1, -0.05) is 6.07 Å². The van der Waals surface area contributed by atoms with Gasteiger partial charge in [-0.25, -0.2) is 17.9 Å². The molecule has 0 aliphatic carbocycles. The first-order chi connectivity index (χ1) is 7.89. The van der Waals surface area contributed by atoms with Crippen molar-refractivity contribution in [2.24, 2.45) is 0 Å². The van der Waals surface area contributed by atoms with Crippen LogP contribution in [0.1, 0.15) is 0 Å². The normalized spacial score (nSPS) is 11.7. The van der Waals surface area contributed by atoms with Gasteiger partial charge >= 0.3 is 0 Å². The van der Waals surface area contributed by atoms with Gasteiger partial charge in [0, 0.05) is 10.7 Å². The van der Waals surface area contributed by atoms with E-state index in [-0.39, 0.29) is 15.9 Å². The molecule has 1 aromatic heterocycles. The number of aromatic amines is 1. The third kappa shape index (κ3) is 2.48. The van der Waals surface area contributed by atoms with Gasteiger partial charge in [-0.05, 0) is 28.1 Å². The summed E-state index contributed by atoms with van der Waals surface area (Å²) in [5, 5.41) is 5.20. The molecule has 0 amide bonds. The summed E-state index contributed by atoms with van der Waals surface area (Å²) in [4.78, 5) is 3.61. The summed E-state index contributed by atoms with van der Waals surface area (Å²) in [5.74, 6) is -0.659. The third-order valence-corrected chi connectivity index (χ3v) is 3.58. The highest BCUT2D eigenvalue weighted by atomic mass is 79.9. The van der Waals surface area contributed by atoms with Crippen LogP contribution in [0.25, 0.3) is 11.4 Å². The second-order valence-corrected chi connectivity index (χ2v) is 6.34. The Morgan fingerprint density at radius 1 is 1.41 bits per heavy atom. The minimum absolute atomic E-state index is 0.0715. The number of nitrogens with zero attached hydrogens (tertiary/aromatic N) is 2. The van der Waals surface area contributed by atoms with E-state index in [1.165, 1.54) is 12.1 Å². The number of nitrogens with one attached hydrogen (secondary N) is 1. The number of aromatic nitrogens is 3. The quantitative estimate of drug-likeness (QED) is 0.851. The maximum absolute atomic E-state index is 13.7. The van der Waals surface area contributed by atoms with Gasteiger partial charge in [-0.2, -0.15) is 10.1 Å². The van der Waals surface area contributed by atoms with E-state index in [1.807, 2.05) is 0 Å². The molecule has 0 saturated carbocycles. The molecule has 0 unspecified atom stereocenters. The Kier molecular flexibility index (Phi) is 3.19. The molecule has 1 aromatic carbocycles. The lowest BCUT2D eigenvalue weighted by molar-refractivity contribution is 0.601. The Labute approximate surface area is 109 Å². The van der Waals surface area contributed by atoms with E-state index >= 15 is 0 Å². The molecule has 17 heavy (non-hydrogen) atoms. The van der Waals surface area contributed by atoms with E-state index in [0.29, 0.717) is 0 Å². The maximum atomic E-state index is 13.7. The lowest BCUT2D eigenvalue weighted by atomic mass is 10.2. The number of hydrogen-bond acceptors (Lipinski definition) is 4. The Morgan fingerprint density at radius 3 is 2.71 bits per heavy atom. The van der Waals surface area contributed by atoms with E-state index in [0.717, 1.165) is 0 Å². The van der Waals surface area contributed by atoms with Crippen molar-refractivity contribution in [3.8, 4) is 11.4 Å². The molecule has 5 nitrogen and oxygen atoms in total. The van der Waals surface area contributed by atoms with E-state index < -0.39 is 20.0 Å². The zero-order valence-electron chi connectivity index (χ0n) is 7.99. The molecule has 2 rings (SSSR count). The van der Waals surface area contributed by atoms with Gasteiger partial charge in [-0.15, -0.1) is 0 Å². The van der Waals surface area contributed by atoms with Gasteiger partial charge in [0.25, 0.3) is 14.2 Å². The smallest absolute Gasteiger partial charge is 0.248 e. The van der Waals surface area contributed by atoms with E-state index in [9.17, 15) is 12.8 Å². The zero-order chi connectivity index (χ0) is 12.6. The molecule has 0 radical (unpaired) electrons. The molecule has 0 atom stereocenters. The van der Waals surface area contributed by atoms with E-state index in [2.05, 4.69) is 31.1 Å². The lowest BCUT2D eigenvalue weighted by Gasteiger charge is -1.98. The summed E-state index contributed by atoms with van der Waals surface area (Å²) in [7, 11) is 1.06. The first-order valence-electron chi connectivity index (χ1n) is 4.21. The van der Waals surface area contributed by atoms with Crippen LogP contribution < -0.4 is 0 Å². The van der Waals surface area contributed by atoms with Crippen molar-refractivity contribution in [3.63, 3.8) is 0 Å². The summed E-state index contributed by atoms with van der Waals surface area (Å²) >= 11 is 3.00. The average molecular weight is 341 g/mol. The molecule has 1 heterocycles. The highest BCUT2D eigenvalue weighted by Crippen LogP contribution is 2.26. The highest BCUT2D eigenvalue weighted by Gasteiger charge is 2.19. The van der Waals surface area contributed by atoms with Crippen molar-refractivity contribution in [2.45, 2.75) is 5.16 Å². The first-order valence-corrected chi connectivity index (χ1v) is 7.31. The van der Waals surface area contributed by atoms with Gasteiger partial charge in [0.15, 0.2) is 5.82 Å². The molecular weight excluding hydrogens is 337 g/mol. The molecular formula is C8H4BrClFN3O2S. The largest absolute Gasteiger partial charge is 0.296 e. The molecule has 0 spiro atoms. The van der Waals surface area contributed by atoms with Crippen LogP contribution in [0.2, 0.25) is 0 Å². The Bertz CT molecular complexity index is 673. The third-order valence-electron chi connectivity index (χ3n) is 1.89. The van der Waals surface area contributed by atoms with Crippen LogP contribution in [0.15, 0.2) is 27.8 Å². The number of H-pyrrole nitrogens is 1. The first kappa shape index (κ1) is 12.5. The van der Waals surface area contributed by atoms with Crippen LogP contribution in [0.3, 0.4) is 0 Å². The Balaban J connectivity index is 2.55. The molecule has 90 valence electrons. The Morgan fingerprint density at radius 2 is 2.12 bits per heavy atom. The van der Waals surface area contributed by atoms with Crippen molar-refractivity contribution in [1.29, 1.82) is 0 Å². The van der Waals surface area contributed by atoms with E-state index in [1.54, 1.807) is 6.07 Å². The predicted octanol–water partition coefficient (Wildman–Crippen LogP) is 2.30. The fraction of sp³-hybridized carbons (Fsp3) is 0. The average Bonchev–Trinajstić information content (AvgIpc) is 2.70. The van der Waals surface area contributed by atoms with Crippen LogP contribution in [0.5, 0.6) is 0 Å². The van der Waals surface area contributed by atoms with Crippen molar-refractivity contribution >= 4 is 35.7 Å². The standard InChI is InChI=1S/C8H4BrClFN3O2S/c9-5-3-1-2-4(6(5)11)7-12-8(14-13-7)17(10,15)16/h1-3H,(H,12,13,14). The highest BCUT2D eigenvalue weighted by molar-refractivity contribution is 9.10. The van der Waals surface area contributed by atoms with Gasteiger partial charge in [0.05, 0.1) is 10.0 Å². The van der Waals surface area contributed by atoms with Crippen LogP contribution >= 0.6 is 26.6 Å². The maximum Gasteiger partial charge on any atom is 0.296 e. The monoisotopic (exact) mass is 339 g/mol. The molecule has 2 aromatic rings. The summed E-state index contributed by atoms with van der Waals surface area (Å²) < 4.78 is 35.8. The van der Waals surface area contributed by atoms with Crippen LogP contribution in [0, 0.1) is 5.82 Å². The zero-order valence-corrected chi connectivity index (χ0v) is 11.1. The van der Waals surface area contributed by atoms with Crippen molar-refractivity contribution in [3.05, 3.63) is 28.5 Å². The number of benzene rings is 1. The number of hydrogen-bond donors (Lipinski definition) is 1. The SMILES string of the molecule is O=S(=O)(Cl)c1nc(-c2cccc(Br)c2F)n[nH]1. The van der Waals surface area contributed by atoms with Gasteiger partial charge in [-0.3, -0.25) is 0 Å². The molecule has 9 heteroatoms. The summed E-state index contributed by atoms with van der Waals surface area (Å²) in [6.45, 7) is 0. The van der Waals surface area contributed by atoms with Crippen LogP contribution in [0.4, 0.5) is 4.39 Å². The van der Waals surface area contributed by atoms with Crippen molar-refractivity contribution < 1.29 is 12.8 Å². The summed E-state index contributed by atoms with van der Waals surface area (Å²) in [6, 6.07) is 4.51. The lowest BCUT2D eigenvalue weighted by Crippen LogP contribution is -1.93. The molecule has 0 fully saturated rings. The minimum atomic E-state index is -4.00. The molecule has 0 bridgehead atoms. The number of rotatable bonds is 2. The fourth-order valence-electron chi connectivity index (χ4n) is 1.15. The topological polar surface area (TPSA) is 75.7 Å². The molecule has 0 aliphatic heterocycles. The van der Waals surface area contributed by atoms with Crippen LogP contribution in [-0.4, -0.2) is 23.6 Å². The van der Waals surface area contributed by atoms with Gasteiger partial charge in [0.1, 0.15) is 5.82 Å². The molecule has 0 saturated heterocycles. The fourth-order valence-corrected chi connectivity index (χ4v) is 2.08. The Hall–Kier alpha value is -0.990. The van der Waals surface area contributed by atoms with Crippen LogP contribution in [-0.2, 0) is 9.05 Å². The summed E-state index contributed by atoms with van der Waals surface area (Å²) in [5.41, 5.74) is 0.0715. The van der Waals surface area contributed by atoms with E-state index in [4.69, 9.17) is 10.7 Å². The molecule has 1 N–H and O–H groups in total. The second-order valence-electron chi connectivity index (χ2n) is 3.00. The van der Waals surface area contributed by atoms with Gasteiger partial charge < -0.3 is 0 Å². The predicted molar refractivity (Wildman–Crippen MR) is 62.5 cm³/mol. The van der Waals surface area contributed by atoms with Crippen molar-refractivity contribution in [1.82, 2.24) is 15.2 Å². The van der Waals surface area contributed by atoms with Gasteiger partial charge in [0.2, 0.25) is 0 Å². The minimum Gasteiger partial charge on any atom is -0.248 e. The number of halogens is 3. The molecule has 0 aliphatic rings. The van der Waals surface area contributed by atoms with Crippen molar-refractivity contribution in [2.75, 3.05) is 0 Å². The second kappa shape index (κ2) is 4.35.